The van der Waals surface area contributed by atoms with E-state index in [9.17, 15) is 14.9 Å². The number of carbonyl (C=O) groups excluding carboxylic acids is 2. The molecule has 2 heterocycles. The highest BCUT2D eigenvalue weighted by Crippen LogP contribution is 2.43. The average molecular weight is 626 g/mol. The molecule has 0 saturated carbocycles. The van der Waals surface area contributed by atoms with E-state index in [0.29, 0.717) is 37.9 Å². The van der Waals surface area contributed by atoms with Crippen LogP contribution in [0, 0.1) is 11.3 Å². The van der Waals surface area contributed by atoms with Gasteiger partial charge in [-0.05, 0) is 41.8 Å². The zero-order chi connectivity index (χ0) is 28.2. The van der Waals surface area contributed by atoms with Gasteiger partial charge in [0.05, 0.1) is 15.3 Å². The summed E-state index contributed by atoms with van der Waals surface area (Å²) in [6.07, 6.45) is 2.49. The predicted octanol–water partition coefficient (Wildman–Crippen LogP) is 7.76. The molecule has 5 rings (SSSR count). The summed E-state index contributed by atoms with van der Waals surface area (Å²) in [4.78, 5) is 33.6. The van der Waals surface area contributed by atoms with Crippen molar-refractivity contribution in [2.75, 3.05) is 10.2 Å². The van der Waals surface area contributed by atoms with Crippen LogP contribution in [0.15, 0.2) is 89.6 Å². The minimum atomic E-state index is -0.654. The molecule has 1 N–H and O–H groups in total. The van der Waals surface area contributed by atoms with Crippen LogP contribution in [-0.4, -0.2) is 22.0 Å². The highest BCUT2D eigenvalue weighted by molar-refractivity contribution is 8.05. The number of anilines is 2. The van der Waals surface area contributed by atoms with E-state index in [2.05, 4.69) is 10.3 Å². The summed E-state index contributed by atoms with van der Waals surface area (Å²) in [6.45, 7) is 0. The molecule has 0 unspecified atom stereocenters. The van der Waals surface area contributed by atoms with Gasteiger partial charge in [0, 0.05) is 28.2 Å². The lowest BCUT2D eigenvalue weighted by Crippen LogP contribution is -2.30. The molecular weight excluding hydrogens is 607 g/mol. The maximum atomic E-state index is 13.7. The van der Waals surface area contributed by atoms with Gasteiger partial charge in [-0.15, -0.1) is 11.3 Å². The Balaban J connectivity index is 1.43. The minimum Gasteiger partial charge on any atom is -0.297 e. The molecule has 1 atom stereocenters. The van der Waals surface area contributed by atoms with E-state index in [4.69, 9.17) is 34.8 Å². The molecule has 1 aliphatic heterocycles. The summed E-state index contributed by atoms with van der Waals surface area (Å²) in [5.74, 6) is -0.919. The van der Waals surface area contributed by atoms with Gasteiger partial charge in [-0.2, -0.15) is 5.26 Å². The summed E-state index contributed by atoms with van der Waals surface area (Å²) >= 11 is 21.3. The second-order valence-electron chi connectivity index (χ2n) is 8.68. The number of nitrogens with zero attached hydrogens (tertiary/aromatic N) is 3. The number of amides is 2. The number of nitrogens with one attached hydrogen (secondary N) is 1. The fourth-order valence-electron chi connectivity index (χ4n) is 4.14. The van der Waals surface area contributed by atoms with Crippen LogP contribution in [-0.2, 0) is 22.4 Å². The normalized spacial score (nSPS) is 16.1. The molecule has 3 aromatic carbocycles. The molecule has 4 aromatic rings. The van der Waals surface area contributed by atoms with E-state index in [1.54, 1.807) is 48.7 Å². The molecule has 2 amide bonds. The first kappa shape index (κ1) is 28.2. The Labute approximate surface area is 254 Å². The first-order chi connectivity index (χ1) is 19.4. The van der Waals surface area contributed by atoms with Crippen molar-refractivity contribution in [2.45, 2.75) is 18.1 Å². The van der Waals surface area contributed by atoms with E-state index in [1.165, 1.54) is 16.2 Å². The second kappa shape index (κ2) is 12.5. The highest BCUT2D eigenvalue weighted by atomic mass is 35.5. The number of hydrogen-bond acceptors (Lipinski definition) is 6. The van der Waals surface area contributed by atoms with E-state index >= 15 is 0 Å². The number of hydrogen-bond donors (Lipinski definition) is 1. The second-order valence-corrected chi connectivity index (χ2v) is 12.2. The summed E-state index contributed by atoms with van der Waals surface area (Å²) in [5, 5.41) is 14.2. The first-order valence-corrected chi connectivity index (χ1v) is 14.8. The van der Waals surface area contributed by atoms with E-state index in [-0.39, 0.29) is 22.9 Å². The standard InChI is InChI=1S/C29H19Cl3N4O2S2/c30-22-11-5-4-7-17(22)13-20-16-34-29(39-20)35-26(37)21(15-33)28-36(19-9-2-1-3-10-19)27(38)24(40-28)14-18-8-6-12-23(31)25(18)32/h1-12,16,24H,13-14H2,(H,34,35,37)/b28-21-/t24-/m1/s1. The molecule has 1 fully saturated rings. The number of halogens is 3. The number of thioether (sulfide) groups is 1. The van der Waals surface area contributed by atoms with Gasteiger partial charge in [0.15, 0.2) is 5.13 Å². The van der Waals surface area contributed by atoms with Gasteiger partial charge in [0.1, 0.15) is 16.7 Å². The van der Waals surface area contributed by atoms with Crippen molar-refractivity contribution in [3.05, 3.63) is 121 Å². The number of aromatic nitrogens is 1. The Hall–Kier alpha value is -3.32. The van der Waals surface area contributed by atoms with Gasteiger partial charge in [0.2, 0.25) is 5.91 Å². The summed E-state index contributed by atoms with van der Waals surface area (Å²) in [6, 6.07) is 23.7. The number of benzene rings is 3. The Morgan fingerprint density at radius 2 is 1.68 bits per heavy atom. The van der Waals surface area contributed by atoms with Crippen molar-refractivity contribution in [1.29, 1.82) is 5.26 Å². The number of carbonyl (C=O) groups is 2. The highest BCUT2D eigenvalue weighted by Gasteiger charge is 2.41. The SMILES string of the molecule is N#C/C(C(=O)Nc1ncc(Cc2ccccc2Cl)s1)=C1/S[C@H](Cc2cccc(Cl)c2Cl)C(=O)N1c1ccccc1. The van der Waals surface area contributed by atoms with Crippen molar-refractivity contribution in [3.8, 4) is 6.07 Å². The number of nitriles is 1. The lowest BCUT2D eigenvalue weighted by Gasteiger charge is -2.18. The summed E-state index contributed by atoms with van der Waals surface area (Å²) < 4.78 is 0. The Morgan fingerprint density at radius 1 is 0.975 bits per heavy atom. The topological polar surface area (TPSA) is 86.1 Å². The van der Waals surface area contributed by atoms with Gasteiger partial charge < -0.3 is 0 Å². The molecule has 0 radical (unpaired) electrons. The third-order valence-electron chi connectivity index (χ3n) is 6.05. The van der Waals surface area contributed by atoms with Gasteiger partial charge in [-0.3, -0.25) is 19.8 Å². The van der Waals surface area contributed by atoms with E-state index in [1.807, 2.05) is 36.4 Å². The third kappa shape index (κ3) is 6.04. The Kier molecular flexibility index (Phi) is 8.79. The molecule has 0 aliphatic carbocycles. The lowest BCUT2D eigenvalue weighted by atomic mass is 10.1. The molecule has 40 heavy (non-hydrogen) atoms. The largest absolute Gasteiger partial charge is 0.297 e. The maximum absolute atomic E-state index is 13.7. The molecule has 1 aliphatic rings. The van der Waals surface area contributed by atoms with Crippen LogP contribution in [0.1, 0.15) is 16.0 Å². The van der Waals surface area contributed by atoms with Gasteiger partial charge in [-0.1, -0.05) is 95.1 Å². The average Bonchev–Trinajstić information content (AvgIpc) is 3.52. The van der Waals surface area contributed by atoms with Crippen LogP contribution in [0.4, 0.5) is 10.8 Å². The fourth-order valence-corrected chi connectivity index (χ4v) is 6.87. The van der Waals surface area contributed by atoms with Crippen molar-refractivity contribution in [1.82, 2.24) is 4.98 Å². The van der Waals surface area contributed by atoms with Crippen LogP contribution in [0.3, 0.4) is 0 Å². The molecule has 0 spiro atoms. The van der Waals surface area contributed by atoms with Crippen molar-refractivity contribution < 1.29 is 9.59 Å². The fraction of sp³-hybridized carbons (Fsp3) is 0.103. The lowest BCUT2D eigenvalue weighted by molar-refractivity contribution is -0.117. The van der Waals surface area contributed by atoms with Crippen molar-refractivity contribution in [3.63, 3.8) is 0 Å². The molecular formula is C29H19Cl3N4O2S2. The number of rotatable bonds is 7. The van der Waals surface area contributed by atoms with Crippen molar-refractivity contribution in [2.24, 2.45) is 0 Å². The van der Waals surface area contributed by atoms with Crippen molar-refractivity contribution >= 4 is 80.5 Å². The minimum absolute atomic E-state index is 0.190. The maximum Gasteiger partial charge on any atom is 0.270 e. The van der Waals surface area contributed by atoms with Crippen LogP contribution in [0.2, 0.25) is 15.1 Å². The summed E-state index contributed by atoms with van der Waals surface area (Å²) in [7, 11) is 0. The molecule has 200 valence electrons. The Bertz CT molecular complexity index is 1670. The van der Waals surface area contributed by atoms with Gasteiger partial charge >= 0.3 is 0 Å². The third-order valence-corrected chi connectivity index (χ3v) is 9.46. The zero-order valence-corrected chi connectivity index (χ0v) is 24.5. The monoisotopic (exact) mass is 624 g/mol. The van der Waals surface area contributed by atoms with E-state index in [0.717, 1.165) is 22.2 Å². The molecule has 6 nitrogen and oxygen atoms in total. The molecule has 11 heteroatoms. The zero-order valence-electron chi connectivity index (χ0n) is 20.6. The number of thiazole rings is 1. The van der Waals surface area contributed by atoms with Crippen LogP contribution < -0.4 is 10.2 Å². The van der Waals surface area contributed by atoms with Crippen LogP contribution in [0.5, 0.6) is 0 Å². The quantitative estimate of drug-likeness (QED) is 0.168. The number of para-hydroxylation sites is 1. The predicted molar refractivity (Wildman–Crippen MR) is 163 cm³/mol. The molecule has 1 aromatic heterocycles. The van der Waals surface area contributed by atoms with Gasteiger partial charge in [-0.25, -0.2) is 4.98 Å². The Morgan fingerprint density at radius 3 is 2.42 bits per heavy atom. The van der Waals surface area contributed by atoms with Crippen LogP contribution in [0.25, 0.3) is 0 Å². The summed E-state index contributed by atoms with van der Waals surface area (Å²) in [5.41, 5.74) is 2.00. The first-order valence-electron chi connectivity index (χ1n) is 12.0. The molecule has 0 bridgehead atoms. The van der Waals surface area contributed by atoms with Gasteiger partial charge in [0.25, 0.3) is 5.91 Å². The molecule has 1 saturated heterocycles. The smallest absolute Gasteiger partial charge is 0.270 e. The van der Waals surface area contributed by atoms with Crippen LogP contribution >= 0.6 is 57.9 Å². The van der Waals surface area contributed by atoms with E-state index < -0.39 is 11.2 Å².